The third-order valence-electron chi connectivity index (χ3n) is 2.34. The van der Waals surface area contributed by atoms with E-state index in [1.165, 1.54) is 24.3 Å². The fraction of sp³-hybridized carbons (Fsp3) is 0.0833. The molecule has 0 aliphatic heterocycles. The minimum absolute atomic E-state index is 0.0625. The summed E-state index contributed by atoms with van der Waals surface area (Å²) in [4.78, 5) is 3.98. The van der Waals surface area contributed by atoms with Crippen molar-refractivity contribution >= 4 is 5.82 Å². The summed E-state index contributed by atoms with van der Waals surface area (Å²) in [5.74, 6) is -0.873. The Labute approximate surface area is 91.7 Å². The van der Waals surface area contributed by atoms with Crippen LogP contribution in [0.3, 0.4) is 0 Å². The Morgan fingerprint density at radius 1 is 1.06 bits per heavy atom. The Bertz CT molecular complexity index is 518. The standard InChI is InChI=1S/C12H10F2N2/c1-7-8(5-6-11(15)16-7)12-9(13)3-2-4-10(12)14/h2-6H,1H3,(H2,15,16). The van der Waals surface area contributed by atoms with Gasteiger partial charge in [0.25, 0.3) is 0 Å². The SMILES string of the molecule is Cc1nc(N)ccc1-c1c(F)cccc1F. The largest absolute Gasteiger partial charge is 0.384 e. The number of aryl methyl sites for hydroxylation is 1. The van der Waals surface area contributed by atoms with Crippen LogP contribution < -0.4 is 5.73 Å². The van der Waals surface area contributed by atoms with E-state index in [2.05, 4.69) is 4.98 Å². The molecule has 0 spiro atoms. The van der Waals surface area contributed by atoms with Crippen LogP contribution in [0.25, 0.3) is 11.1 Å². The van der Waals surface area contributed by atoms with Crippen LogP contribution >= 0.6 is 0 Å². The molecule has 0 unspecified atom stereocenters. The van der Waals surface area contributed by atoms with E-state index in [-0.39, 0.29) is 5.56 Å². The third kappa shape index (κ3) is 1.74. The molecule has 0 atom stereocenters. The molecule has 2 N–H and O–H groups in total. The maximum Gasteiger partial charge on any atom is 0.134 e. The fourth-order valence-electron chi connectivity index (χ4n) is 1.60. The maximum absolute atomic E-state index is 13.5. The highest BCUT2D eigenvalue weighted by Gasteiger charge is 2.13. The van der Waals surface area contributed by atoms with Crippen LogP contribution in [-0.2, 0) is 0 Å². The van der Waals surface area contributed by atoms with E-state index in [1.807, 2.05) is 0 Å². The Kier molecular flexibility index (Phi) is 2.56. The highest BCUT2D eigenvalue weighted by molar-refractivity contribution is 5.68. The molecule has 0 radical (unpaired) electrons. The van der Waals surface area contributed by atoms with Crippen molar-refractivity contribution in [3.8, 4) is 11.1 Å². The number of pyridine rings is 1. The Morgan fingerprint density at radius 2 is 1.69 bits per heavy atom. The zero-order valence-corrected chi connectivity index (χ0v) is 8.67. The molecule has 82 valence electrons. The molecule has 0 aliphatic rings. The summed E-state index contributed by atoms with van der Waals surface area (Å²) < 4.78 is 27.0. The van der Waals surface area contributed by atoms with Crippen molar-refractivity contribution in [3.63, 3.8) is 0 Å². The van der Waals surface area contributed by atoms with Crippen molar-refractivity contribution in [1.29, 1.82) is 0 Å². The molecule has 1 aromatic heterocycles. The molecule has 2 rings (SSSR count). The van der Waals surface area contributed by atoms with E-state index in [9.17, 15) is 8.78 Å². The number of nitrogens with two attached hydrogens (primary N) is 1. The first-order valence-electron chi connectivity index (χ1n) is 4.77. The van der Waals surface area contributed by atoms with Crippen molar-refractivity contribution in [2.75, 3.05) is 5.73 Å². The predicted octanol–water partition coefficient (Wildman–Crippen LogP) is 2.92. The van der Waals surface area contributed by atoms with Crippen molar-refractivity contribution in [3.05, 3.63) is 47.7 Å². The van der Waals surface area contributed by atoms with Crippen molar-refractivity contribution < 1.29 is 8.78 Å². The van der Waals surface area contributed by atoms with Gasteiger partial charge in [-0.25, -0.2) is 13.8 Å². The first-order chi connectivity index (χ1) is 7.59. The van der Waals surface area contributed by atoms with Crippen molar-refractivity contribution in [2.24, 2.45) is 0 Å². The number of benzene rings is 1. The Hall–Kier alpha value is -1.97. The minimum Gasteiger partial charge on any atom is -0.384 e. The van der Waals surface area contributed by atoms with Crippen molar-refractivity contribution in [1.82, 2.24) is 4.98 Å². The predicted molar refractivity (Wildman–Crippen MR) is 58.7 cm³/mol. The van der Waals surface area contributed by atoms with Gasteiger partial charge in [0.05, 0.1) is 5.56 Å². The number of nitrogen functional groups attached to an aromatic ring is 1. The minimum atomic E-state index is -0.602. The van der Waals surface area contributed by atoms with Gasteiger partial charge in [-0.2, -0.15) is 0 Å². The summed E-state index contributed by atoms with van der Waals surface area (Å²) in [6.07, 6.45) is 0. The van der Waals surface area contributed by atoms with Gasteiger partial charge in [-0.05, 0) is 31.2 Å². The first-order valence-corrected chi connectivity index (χ1v) is 4.77. The van der Waals surface area contributed by atoms with Gasteiger partial charge in [0, 0.05) is 11.3 Å². The smallest absolute Gasteiger partial charge is 0.134 e. The number of halogens is 2. The molecule has 0 bridgehead atoms. The molecular formula is C12H10F2N2. The highest BCUT2D eigenvalue weighted by Crippen LogP contribution is 2.28. The summed E-state index contributed by atoms with van der Waals surface area (Å²) in [5, 5.41) is 0. The van der Waals surface area contributed by atoms with E-state index in [0.717, 1.165) is 0 Å². The quantitative estimate of drug-likeness (QED) is 0.802. The summed E-state index contributed by atoms with van der Waals surface area (Å²) >= 11 is 0. The Balaban J connectivity index is 2.68. The molecule has 0 aliphatic carbocycles. The molecule has 1 heterocycles. The molecule has 0 saturated carbocycles. The summed E-state index contributed by atoms with van der Waals surface area (Å²) in [6.45, 7) is 1.66. The monoisotopic (exact) mass is 220 g/mol. The van der Waals surface area contributed by atoms with E-state index in [4.69, 9.17) is 5.73 Å². The van der Waals surface area contributed by atoms with Crippen LogP contribution in [0.1, 0.15) is 5.69 Å². The lowest BCUT2D eigenvalue weighted by atomic mass is 10.0. The molecule has 1 aromatic carbocycles. The third-order valence-corrected chi connectivity index (χ3v) is 2.34. The van der Waals surface area contributed by atoms with Gasteiger partial charge in [-0.3, -0.25) is 0 Å². The number of anilines is 1. The summed E-state index contributed by atoms with van der Waals surface area (Å²) in [7, 11) is 0. The van der Waals surface area contributed by atoms with E-state index in [0.29, 0.717) is 17.1 Å². The number of nitrogens with zero attached hydrogens (tertiary/aromatic N) is 1. The highest BCUT2D eigenvalue weighted by atomic mass is 19.1. The number of aromatic nitrogens is 1. The molecule has 2 nitrogen and oxygen atoms in total. The molecular weight excluding hydrogens is 210 g/mol. The topological polar surface area (TPSA) is 38.9 Å². The number of hydrogen-bond acceptors (Lipinski definition) is 2. The van der Waals surface area contributed by atoms with E-state index in [1.54, 1.807) is 13.0 Å². The second-order valence-corrected chi connectivity index (χ2v) is 3.47. The lowest BCUT2D eigenvalue weighted by Crippen LogP contribution is -1.97. The second kappa shape index (κ2) is 3.89. The Morgan fingerprint density at radius 3 is 2.25 bits per heavy atom. The average molecular weight is 220 g/mol. The fourth-order valence-corrected chi connectivity index (χ4v) is 1.60. The number of rotatable bonds is 1. The molecule has 0 fully saturated rings. The lowest BCUT2D eigenvalue weighted by Gasteiger charge is -2.08. The van der Waals surface area contributed by atoms with Crippen molar-refractivity contribution in [2.45, 2.75) is 6.92 Å². The number of hydrogen-bond donors (Lipinski definition) is 1. The maximum atomic E-state index is 13.5. The molecule has 16 heavy (non-hydrogen) atoms. The molecule has 0 saturated heterocycles. The molecule has 0 amide bonds. The van der Waals surface area contributed by atoms with Gasteiger partial charge >= 0.3 is 0 Å². The van der Waals surface area contributed by atoms with Gasteiger partial charge in [-0.1, -0.05) is 6.07 Å². The first kappa shape index (κ1) is 10.5. The van der Waals surface area contributed by atoms with E-state index < -0.39 is 11.6 Å². The van der Waals surface area contributed by atoms with Crippen LogP contribution in [0, 0.1) is 18.6 Å². The van der Waals surface area contributed by atoms with Crippen LogP contribution in [-0.4, -0.2) is 4.98 Å². The van der Waals surface area contributed by atoms with Gasteiger partial charge in [0.15, 0.2) is 0 Å². The van der Waals surface area contributed by atoms with Gasteiger partial charge in [0.2, 0.25) is 0 Å². The zero-order valence-electron chi connectivity index (χ0n) is 8.67. The van der Waals surface area contributed by atoms with Gasteiger partial charge in [-0.15, -0.1) is 0 Å². The summed E-state index contributed by atoms with van der Waals surface area (Å²) in [6, 6.07) is 6.85. The summed E-state index contributed by atoms with van der Waals surface area (Å²) in [5.41, 5.74) is 6.35. The van der Waals surface area contributed by atoms with Gasteiger partial charge < -0.3 is 5.73 Å². The van der Waals surface area contributed by atoms with Crippen LogP contribution in [0.15, 0.2) is 30.3 Å². The molecule has 2 aromatic rings. The van der Waals surface area contributed by atoms with Crippen LogP contribution in [0.5, 0.6) is 0 Å². The lowest BCUT2D eigenvalue weighted by molar-refractivity contribution is 0.589. The normalized spacial score (nSPS) is 10.4. The second-order valence-electron chi connectivity index (χ2n) is 3.47. The van der Waals surface area contributed by atoms with Crippen LogP contribution in [0.2, 0.25) is 0 Å². The van der Waals surface area contributed by atoms with Gasteiger partial charge in [0.1, 0.15) is 17.5 Å². The molecule has 4 heteroatoms. The average Bonchev–Trinajstić information content (AvgIpc) is 2.20. The van der Waals surface area contributed by atoms with Crippen LogP contribution in [0.4, 0.5) is 14.6 Å². The van der Waals surface area contributed by atoms with E-state index >= 15 is 0 Å². The zero-order chi connectivity index (χ0) is 11.7.